The molecule has 0 fully saturated rings. The Kier molecular flexibility index (Phi) is 3.98. The summed E-state index contributed by atoms with van der Waals surface area (Å²) in [6.07, 6.45) is 1.09. The predicted molar refractivity (Wildman–Crippen MR) is 75.5 cm³/mol. The molecule has 0 aliphatic carbocycles. The summed E-state index contributed by atoms with van der Waals surface area (Å²) < 4.78 is 5.59. The van der Waals surface area contributed by atoms with Gasteiger partial charge in [-0.1, -0.05) is 29.3 Å². The topological polar surface area (TPSA) is 50.4 Å². The molecule has 0 aliphatic heterocycles. The minimum atomic E-state index is -1.02. The van der Waals surface area contributed by atoms with Gasteiger partial charge in [-0.05, 0) is 36.8 Å². The lowest BCUT2D eigenvalue weighted by Crippen LogP contribution is -1.88. The number of aliphatic carboxylic acids is 1. The number of allylic oxidation sites excluding steroid dienone is 1. The maximum absolute atomic E-state index is 10.6. The monoisotopic (exact) mass is 296 g/mol. The van der Waals surface area contributed by atoms with E-state index in [2.05, 4.69) is 0 Å². The second-order valence-corrected chi connectivity index (χ2v) is 4.72. The number of hydrogen-bond acceptors (Lipinski definition) is 2. The molecule has 1 heterocycles. The minimum absolute atomic E-state index is 0.407. The maximum atomic E-state index is 10.6. The first-order chi connectivity index (χ1) is 8.99. The van der Waals surface area contributed by atoms with E-state index in [1.54, 1.807) is 37.3 Å². The Morgan fingerprint density at radius 1 is 1.26 bits per heavy atom. The zero-order valence-electron chi connectivity index (χ0n) is 9.98. The zero-order valence-corrected chi connectivity index (χ0v) is 11.5. The van der Waals surface area contributed by atoms with Gasteiger partial charge in [0.25, 0.3) is 0 Å². The zero-order chi connectivity index (χ0) is 14.0. The number of rotatable bonds is 3. The van der Waals surface area contributed by atoms with Gasteiger partial charge in [-0.25, -0.2) is 4.79 Å². The molecular weight excluding hydrogens is 287 g/mol. The highest BCUT2D eigenvalue weighted by molar-refractivity contribution is 6.43. The largest absolute Gasteiger partial charge is 0.478 e. The molecule has 0 bridgehead atoms. The van der Waals surface area contributed by atoms with Crippen molar-refractivity contribution in [1.29, 1.82) is 0 Å². The molecule has 19 heavy (non-hydrogen) atoms. The lowest BCUT2D eigenvalue weighted by Gasteiger charge is -2.02. The first-order valence-corrected chi connectivity index (χ1v) is 6.20. The van der Waals surface area contributed by atoms with Crippen LogP contribution in [0.1, 0.15) is 12.7 Å². The van der Waals surface area contributed by atoms with Gasteiger partial charge in [0.15, 0.2) is 0 Å². The molecule has 1 aromatic carbocycles. The van der Waals surface area contributed by atoms with Crippen LogP contribution in [0.3, 0.4) is 0 Å². The lowest BCUT2D eigenvalue weighted by molar-refractivity contribution is -0.131. The van der Waals surface area contributed by atoms with E-state index in [9.17, 15) is 4.79 Å². The van der Waals surface area contributed by atoms with Crippen molar-refractivity contribution < 1.29 is 14.3 Å². The molecular formula is C14H10Cl2O3. The van der Waals surface area contributed by atoms with E-state index in [-0.39, 0.29) is 0 Å². The van der Waals surface area contributed by atoms with Crippen LogP contribution in [0.25, 0.3) is 16.9 Å². The molecule has 0 saturated heterocycles. The molecule has 0 radical (unpaired) electrons. The van der Waals surface area contributed by atoms with Crippen molar-refractivity contribution in [1.82, 2.24) is 0 Å². The Labute approximate surface area is 120 Å². The van der Waals surface area contributed by atoms with Gasteiger partial charge in [0.05, 0.1) is 10.0 Å². The summed E-state index contributed by atoms with van der Waals surface area (Å²) in [6, 6.07) is 8.67. The summed E-state index contributed by atoms with van der Waals surface area (Å²) >= 11 is 12.0. The highest BCUT2D eigenvalue weighted by Gasteiger charge is 2.11. The summed E-state index contributed by atoms with van der Waals surface area (Å²) in [6.45, 7) is 1.66. The molecule has 0 amide bonds. The molecule has 2 rings (SSSR count). The van der Waals surface area contributed by atoms with Crippen LogP contribution < -0.4 is 0 Å². The van der Waals surface area contributed by atoms with Crippen LogP contribution in [-0.4, -0.2) is 11.1 Å². The number of carboxylic acids is 1. The molecule has 98 valence electrons. The number of hydrogen-bond donors (Lipinski definition) is 1. The van der Waals surface area contributed by atoms with E-state index < -0.39 is 5.97 Å². The van der Waals surface area contributed by atoms with Gasteiger partial charge in [-0.3, -0.25) is 0 Å². The molecule has 5 heteroatoms. The van der Waals surface area contributed by atoms with E-state index in [4.69, 9.17) is 32.7 Å². The molecule has 0 aliphatic rings. The van der Waals surface area contributed by atoms with E-state index >= 15 is 0 Å². The fraction of sp³-hybridized carbons (Fsp3) is 0.0714. The number of carbonyl (C=O) groups is 1. The summed E-state index contributed by atoms with van der Waals surface area (Å²) in [5.74, 6) is 0.00492. The molecule has 2 aromatic rings. The number of carboxylic acid groups (broad SMARTS) is 1. The van der Waals surface area contributed by atoms with Crippen LogP contribution in [0.4, 0.5) is 0 Å². The standard InChI is InChI=1S/C14H10Cl2O3/c1-8(7-13(17)18)11-5-6-12(19-11)9-3-2-4-10(15)14(9)16/h2-7H,1H3,(H,17,18)/b8-7+. The van der Waals surface area contributed by atoms with Gasteiger partial charge < -0.3 is 9.52 Å². The fourth-order valence-corrected chi connectivity index (χ4v) is 2.04. The van der Waals surface area contributed by atoms with Crippen molar-refractivity contribution in [3.63, 3.8) is 0 Å². The first kappa shape index (κ1) is 13.7. The molecule has 0 atom stereocenters. The summed E-state index contributed by atoms with van der Waals surface area (Å²) in [5, 5.41) is 9.54. The van der Waals surface area contributed by atoms with E-state index in [0.717, 1.165) is 6.08 Å². The van der Waals surface area contributed by atoms with Crippen molar-refractivity contribution in [2.75, 3.05) is 0 Å². The van der Waals surface area contributed by atoms with E-state index in [0.29, 0.717) is 32.7 Å². The first-order valence-electron chi connectivity index (χ1n) is 5.45. The van der Waals surface area contributed by atoms with Crippen LogP contribution in [-0.2, 0) is 4.79 Å². The van der Waals surface area contributed by atoms with Crippen LogP contribution in [0.5, 0.6) is 0 Å². The number of halogens is 2. The van der Waals surface area contributed by atoms with Crippen LogP contribution in [0, 0.1) is 0 Å². The van der Waals surface area contributed by atoms with E-state index in [1.807, 2.05) is 0 Å². The summed E-state index contributed by atoms with van der Waals surface area (Å²) in [5.41, 5.74) is 1.19. The Morgan fingerprint density at radius 3 is 2.68 bits per heavy atom. The van der Waals surface area contributed by atoms with Crippen molar-refractivity contribution in [2.24, 2.45) is 0 Å². The third-order valence-electron chi connectivity index (χ3n) is 2.55. The average Bonchev–Trinajstić information content (AvgIpc) is 2.81. The van der Waals surface area contributed by atoms with Crippen molar-refractivity contribution in [2.45, 2.75) is 6.92 Å². The van der Waals surface area contributed by atoms with Crippen LogP contribution in [0.15, 0.2) is 40.8 Å². The Balaban J connectivity index is 2.41. The molecule has 0 spiro atoms. The third kappa shape index (κ3) is 3.00. The number of benzene rings is 1. The SMILES string of the molecule is C/C(=C\C(=O)O)c1ccc(-c2cccc(Cl)c2Cl)o1. The van der Waals surface area contributed by atoms with Gasteiger partial charge in [-0.2, -0.15) is 0 Å². The van der Waals surface area contributed by atoms with Gasteiger partial charge in [0.2, 0.25) is 0 Å². The Bertz CT molecular complexity index is 656. The summed E-state index contributed by atoms with van der Waals surface area (Å²) in [7, 11) is 0. The Morgan fingerprint density at radius 2 is 2.00 bits per heavy atom. The third-order valence-corrected chi connectivity index (χ3v) is 3.37. The van der Waals surface area contributed by atoms with E-state index in [1.165, 1.54) is 0 Å². The van der Waals surface area contributed by atoms with Gasteiger partial charge in [0, 0.05) is 11.6 Å². The average molecular weight is 297 g/mol. The highest BCUT2D eigenvalue weighted by Crippen LogP contribution is 2.35. The number of furan rings is 1. The van der Waals surface area contributed by atoms with Gasteiger partial charge in [-0.15, -0.1) is 0 Å². The lowest BCUT2D eigenvalue weighted by atomic mass is 10.2. The predicted octanol–water partition coefficient (Wildman–Crippen LogP) is 4.74. The quantitative estimate of drug-likeness (QED) is 0.832. The van der Waals surface area contributed by atoms with Crippen molar-refractivity contribution >= 4 is 34.7 Å². The normalized spacial score (nSPS) is 11.6. The second-order valence-electron chi connectivity index (χ2n) is 3.93. The van der Waals surface area contributed by atoms with Gasteiger partial charge in [0.1, 0.15) is 11.5 Å². The van der Waals surface area contributed by atoms with Crippen molar-refractivity contribution in [3.8, 4) is 11.3 Å². The van der Waals surface area contributed by atoms with Crippen LogP contribution >= 0.6 is 23.2 Å². The maximum Gasteiger partial charge on any atom is 0.328 e. The molecule has 1 aromatic heterocycles. The molecule has 1 N–H and O–H groups in total. The highest BCUT2D eigenvalue weighted by atomic mass is 35.5. The Hall–Kier alpha value is -1.71. The van der Waals surface area contributed by atoms with Crippen LogP contribution in [0.2, 0.25) is 10.0 Å². The van der Waals surface area contributed by atoms with Crippen molar-refractivity contribution in [3.05, 3.63) is 52.2 Å². The fourth-order valence-electron chi connectivity index (χ4n) is 1.65. The molecule has 0 unspecified atom stereocenters. The summed E-state index contributed by atoms with van der Waals surface area (Å²) in [4.78, 5) is 10.6. The van der Waals surface area contributed by atoms with Gasteiger partial charge >= 0.3 is 5.97 Å². The molecule has 3 nitrogen and oxygen atoms in total. The second kappa shape index (κ2) is 5.51. The smallest absolute Gasteiger partial charge is 0.328 e. The molecule has 0 saturated carbocycles. The minimum Gasteiger partial charge on any atom is -0.478 e.